The molecule has 1 saturated heterocycles. The molecule has 0 saturated carbocycles. The molecule has 2 heteroatoms. The smallest absolute Gasteiger partial charge is 0.0948 e. The fraction of sp³-hybridized carbons (Fsp3) is 0.600. The Morgan fingerprint density at radius 2 is 2.06 bits per heavy atom. The molecule has 0 spiro atoms. The molecule has 1 aliphatic rings. The Hall–Kier alpha value is -0.860. The van der Waals surface area contributed by atoms with Gasteiger partial charge in [-0.1, -0.05) is 43.7 Å². The predicted octanol–water partition coefficient (Wildman–Crippen LogP) is 2.63. The summed E-state index contributed by atoms with van der Waals surface area (Å²) in [6, 6.07) is 10.2. The van der Waals surface area contributed by atoms with Crippen molar-refractivity contribution in [2.24, 2.45) is 5.92 Å². The van der Waals surface area contributed by atoms with Crippen LogP contribution in [0.25, 0.3) is 0 Å². The molecule has 2 atom stereocenters. The highest BCUT2D eigenvalue weighted by atomic mass is 16.3. The van der Waals surface area contributed by atoms with E-state index in [0.29, 0.717) is 5.92 Å². The average molecular weight is 233 g/mol. The van der Waals surface area contributed by atoms with Crippen LogP contribution in [0.5, 0.6) is 0 Å². The van der Waals surface area contributed by atoms with E-state index in [2.05, 4.69) is 31.0 Å². The quantitative estimate of drug-likeness (QED) is 0.867. The van der Waals surface area contributed by atoms with Crippen molar-refractivity contribution in [2.45, 2.75) is 31.8 Å². The lowest BCUT2D eigenvalue weighted by Crippen LogP contribution is -2.48. The van der Waals surface area contributed by atoms with Crippen LogP contribution < -0.4 is 0 Å². The van der Waals surface area contributed by atoms with Gasteiger partial charge < -0.3 is 10.0 Å². The van der Waals surface area contributed by atoms with Crippen molar-refractivity contribution in [1.82, 2.24) is 4.90 Å². The minimum absolute atomic E-state index is 0.355. The van der Waals surface area contributed by atoms with Crippen LogP contribution in [0.3, 0.4) is 0 Å². The van der Waals surface area contributed by atoms with E-state index in [4.69, 9.17) is 0 Å². The highest BCUT2D eigenvalue weighted by Gasteiger charge is 2.41. The van der Waals surface area contributed by atoms with E-state index >= 15 is 0 Å². The van der Waals surface area contributed by atoms with Crippen LogP contribution in [0.4, 0.5) is 0 Å². The molecule has 0 aromatic heterocycles. The van der Waals surface area contributed by atoms with E-state index in [1.807, 2.05) is 18.2 Å². The summed E-state index contributed by atoms with van der Waals surface area (Å²) >= 11 is 0. The number of likely N-dealkylation sites (tertiary alicyclic amines) is 1. The van der Waals surface area contributed by atoms with Crippen molar-refractivity contribution in [2.75, 3.05) is 20.1 Å². The van der Waals surface area contributed by atoms with Crippen molar-refractivity contribution < 1.29 is 5.11 Å². The Bertz CT molecular complexity index is 351. The van der Waals surface area contributed by atoms with Gasteiger partial charge in [0.1, 0.15) is 0 Å². The number of hydrogen-bond acceptors (Lipinski definition) is 2. The van der Waals surface area contributed by atoms with Gasteiger partial charge in [-0.2, -0.15) is 0 Å². The van der Waals surface area contributed by atoms with Crippen molar-refractivity contribution >= 4 is 0 Å². The van der Waals surface area contributed by atoms with Gasteiger partial charge in [0.2, 0.25) is 0 Å². The molecular weight excluding hydrogens is 210 g/mol. The van der Waals surface area contributed by atoms with Crippen LogP contribution in [0.1, 0.15) is 31.7 Å². The molecule has 2 rings (SSSR count). The Balaban J connectivity index is 2.26. The fourth-order valence-corrected chi connectivity index (χ4v) is 2.97. The van der Waals surface area contributed by atoms with Gasteiger partial charge in [-0.25, -0.2) is 0 Å². The summed E-state index contributed by atoms with van der Waals surface area (Å²) in [5.41, 5.74) is 0.468. The second-order valence-electron chi connectivity index (χ2n) is 5.29. The lowest BCUT2D eigenvalue weighted by atomic mass is 9.74. The second kappa shape index (κ2) is 5.19. The normalized spacial score (nSPS) is 30.4. The summed E-state index contributed by atoms with van der Waals surface area (Å²) in [6.07, 6.45) is 3.07. The second-order valence-corrected chi connectivity index (χ2v) is 5.29. The van der Waals surface area contributed by atoms with Crippen molar-refractivity contribution in [3.8, 4) is 0 Å². The predicted molar refractivity (Wildman–Crippen MR) is 70.9 cm³/mol. The van der Waals surface area contributed by atoms with Gasteiger partial charge >= 0.3 is 0 Å². The lowest BCUT2D eigenvalue weighted by Gasteiger charge is -2.44. The first-order chi connectivity index (χ1) is 8.16. The number of rotatable bonds is 3. The van der Waals surface area contributed by atoms with Crippen LogP contribution in [0, 0.1) is 5.92 Å². The van der Waals surface area contributed by atoms with E-state index < -0.39 is 5.60 Å². The summed E-state index contributed by atoms with van der Waals surface area (Å²) in [5, 5.41) is 11.0. The van der Waals surface area contributed by atoms with E-state index in [9.17, 15) is 5.11 Å². The van der Waals surface area contributed by atoms with Gasteiger partial charge in [-0.15, -0.1) is 0 Å². The zero-order valence-electron chi connectivity index (χ0n) is 10.9. The number of hydrogen-bond donors (Lipinski definition) is 1. The fourth-order valence-electron chi connectivity index (χ4n) is 2.97. The minimum Gasteiger partial charge on any atom is -0.385 e. The first-order valence-electron chi connectivity index (χ1n) is 6.63. The number of aliphatic hydroxyl groups is 1. The van der Waals surface area contributed by atoms with Crippen LogP contribution in [0.2, 0.25) is 0 Å². The molecule has 0 unspecified atom stereocenters. The highest BCUT2D eigenvalue weighted by molar-refractivity contribution is 5.24. The monoisotopic (exact) mass is 233 g/mol. The third kappa shape index (κ3) is 2.53. The maximum absolute atomic E-state index is 11.0. The zero-order valence-corrected chi connectivity index (χ0v) is 10.9. The third-order valence-electron chi connectivity index (χ3n) is 3.99. The van der Waals surface area contributed by atoms with E-state index in [1.54, 1.807) is 0 Å². The highest BCUT2D eigenvalue weighted by Crippen LogP contribution is 2.39. The first kappa shape index (κ1) is 12.6. The van der Waals surface area contributed by atoms with E-state index in [1.165, 1.54) is 0 Å². The largest absolute Gasteiger partial charge is 0.385 e. The van der Waals surface area contributed by atoms with E-state index in [-0.39, 0.29) is 0 Å². The molecule has 1 aliphatic heterocycles. The van der Waals surface area contributed by atoms with Crippen molar-refractivity contribution in [1.29, 1.82) is 0 Å². The third-order valence-corrected chi connectivity index (χ3v) is 3.99. The molecule has 94 valence electrons. The van der Waals surface area contributed by atoms with Gasteiger partial charge in [0.05, 0.1) is 5.60 Å². The molecule has 17 heavy (non-hydrogen) atoms. The molecule has 2 nitrogen and oxygen atoms in total. The average Bonchev–Trinajstić information content (AvgIpc) is 2.35. The Morgan fingerprint density at radius 1 is 1.35 bits per heavy atom. The summed E-state index contributed by atoms with van der Waals surface area (Å²) in [6.45, 7) is 4.17. The van der Waals surface area contributed by atoms with Crippen molar-refractivity contribution in [3.05, 3.63) is 35.9 Å². The molecule has 1 aromatic rings. The molecule has 0 bridgehead atoms. The molecule has 1 aromatic carbocycles. The van der Waals surface area contributed by atoms with Crippen LogP contribution in [0.15, 0.2) is 30.3 Å². The Morgan fingerprint density at radius 3 is 2.71 bits per heavy atom. The van der Waals surface area contributed by atoms with Gasteiger partial charge in [-0.05, 0) is 25.5 Å². The first-order valence-corrected chi connectivity index (χ1v) is 6.63. The molecule has 1 N–H and O–H groups in total. The summed E-state index contributed by atoms with van der Waals surface area (Å²) in [7, 11) is 2.15. The maximum atomic E-state index is 11.0. The van der Waals surface area contributed by atoms with Crippen LogP contribution >= 0.6 is 0 Å². The van der Waals surface area contributed by atoms with Crippen LogP contribution in [-0.2, 0) is 5.60 Å². The van der Waals surface area contributed by atoms with Gasteiger partial charge in [0, 0.05) is 19.0 Å². The Labute approximate surface area is 104 Å². The molecule has 0 radical (unpaired) electrons. The topological polar surface area (TPSA) is 23.5 Å². The molecular formula is C15H23NO. The van der Waals surface area contributed by atoms with Gasteiger partial charge in [0.25, 0.3) is 0 Å². The number of nitrogens with zero attached hydrogens (tertiary/aromatic N) is 1. The van der Waals surface area contributed by atoms with Crippen LogP contribution in [-0.4, -0.2) is 30.1 Å². The number of benzene rings is 1. The molecule has 0 aliphatic carbocycles. The lowest BCUT2D eigenvalue weighted by molar-refractivity contribution is -0.0762. The summed E-state index contributed by atoms with van der Waals surface area (Å²) in [5.74, 6) is 0.355. The van der Waals surface area contributed by atoms with E-state index in [0.717, 1.165) is 37.9 Å². The SMILES string of the molecule is CCC[C@H]1CN(C)CC[C@@]1(O)c1ccccc1. The maximum Gasteiger partial charge on any atom is 0.0948 e. The van der Waals surface area contributed by atoms with Gasteiger partial charge in [-0.3, -0.25) is 0 Å². The minimum atomic E-state index is -0.621. The summed E-state index contributed by atoms with van der Waals surface area (Å²) in [4.78, 5) is 2.33. The Kier molecular flexibility index (Phi) is 3.85. The summed E-state index contributed by atoms with van der Waals surface area (Å²) < 4.78 is 0. The zero-order chi connectivity index (χ0) is 12.3. The van der Waals surface area contributed by atoms with Gasteiger partial charge in [0.15, 0.2) is 0 Å². The number of piperidine rings is 1. The molecule has 1 heterocycles. The molecule has 1 fully saturated rings. The standard InChI is InChI=1S/C15H23NO/c1-3-7-14-12-16(2)11-10-15(14,17)13-8-5-4-6-9-13/h4-6,8-9,14,17H,3,7,10-12H2,1-2H3/t14-,15+/m0/s1. The molecule has 0 amide bonds. The van der Waals surface area contributed by atoms with Crippen molar-refractivity contribution in [3.63, 3.8) is 0 Å².